The first-order chi connectivity index (χ1) is 10.8. The molecule has 2 aromatic carbocycles. The van der Waals surface area contributed by atoms with Gasteiger partial charge in [-0.3, -0.25) is 4.99 Å². The van der Waals surface area contributed by atoms with Crippen LogP contribution >= 0.6 is 0 Å². The molecule has 0 fully saturated rings. The van der Waals surface area contributed by atoms with Gasteiger partial charge in [0.05, 0.1) is 0 Å². The van der Waals surface area contributed by atoms with Crippen LogP contribution in [-0.4, -0.2) is 12.8 Å². The molecule has 2 aromatic rings. The number of benzene rings is 2. The number of unbranched alkanes of at least 4 members (excludes halogenated alkanes) is 1. The maximum Gasteiger partial charge on any atom is 0.0389 e. The van der Waals surface area contributed by atoms with Gasteiger partial charge in [0.2, 0.25) is 0 Å². The van der Waals surface area contributed by atoms with Gasteiger partial charge in [0.1, 0.15) is 0 Å². The van der Waals surface area contributed by atoms with Crippen LogP contribution in [0.2, 0.25) is 0 Å². The highest BCUT2D eigenvalue weighted by molar-refractivity contribution is 6.04. The zero-order valence-electron chi connectivity index (χ0n) is 13.5. The molecule has 0 aliphatic heterocycles. The van der Waals surface area contributed by atoms with Gasteiger partial charge in [-0.1, -0.05) is 67.5 Å². The summed E-state index contributed by atoms with van der Waals surface area (Å²) in [5.74, 6) is 0. The van der Waals surface area contributed by atoms with Crippen molar-refractivity contribution in [2.45, 2.75) is 33.1 Å². The molecule has 0 N–H and O–H groups in total. The minimum absolute atomic E-state index is 0.912. The van der Waals surface area contributed by atoms with E-state index in [1.807, 2.05) is 0 Å². The highest BCUT2D eigenvalue weighted by Gasteiger charge is 2.12. The molecule has 0 atom stereocenters. The van der Waals surface area contributed by atoms with Crippen molar-refractivity contribution in [3.05, 3.63) is 65.3 Å². The molecule has 1 heteroatoms. The number of hydrogen-bond acceptors (Lipinski definition) is 1. The SMILES string of the molecule is CCCCN=Cc1c(C2=CC(C)=CC2)ccc2ccccc12. The first kappa shape index (κ1) is 14.8. The van der Waals surface area contributed by atoms with E-state index in [4.69, 9.17) is 0 Å². The van der Waals surface area contributed by atoms with Crippen LogP contribution in [0.25, 0.3) is 16.3 Å². The summed E-state index contributed by atoms with van der Waals surface area (Å²) in [6.07, 6.45) is 10.0. The molecule has 0 aromatic heterocycles. The van der Waals surface area contributed by atoms with Gasteiger partial charge in [0, 0.05) is 18.3 Å². The lowest BCUT2D eigenvalue weighted by molar-refractivity contribution is 0.810. The molecule has 0 bridgehead atoms. The van der Waals surface area contributed by atoms with E-state index in [9.17, 15) is 0 Å². The van der Waals surface area contributed by atoms with Gasteiger partial charge in [-0.15, -0.1) is 0 Å². The quantitative estimate of drug-likeness (QED) is 0.488. The van der Waals surface area contributed by atoms with Crippen LogP contribution in [0.3, 0.4) is 0 Å². The fourth-order valence-corrected chi connectivity index (χ4v) is 2.97. The van der Waals surface area contributed by atoms with Crippen LogP contribution in [0, 0.1) is 0 Å². The molecule has 0 amide bonds. The Labute approximate surface area is 133 Å². The first-order valence-electron chi connectivity index (χ1n) is 8.19. The van der Waals surface area contributed by atoms with Crippen LogP contribution in [0.4, 0.5) is 0 Å². The van der Waals surface area contributed by atoms with Gasteiger partial charge in [0.25, 0.3) is 0 Å². The molecule has 1 nitrogen and oxygen atoms in total. The average Bonchev–Trinajstić information content (AvgIpc) is 2.97. The Morgan fingerprint density at radius 1 is 1.14 bits per heavy atom. The van der Waals surface area contributed by atoms with Gasteiger partial charge in [-0.05, 0) is 41.7 Å². The van der Waals surface area contributed by atoms with Crippen molar-refractivity contribution in [3.8, 4) is 0 Å². The number of nitrogens with zero attached hydrogens (tertiary/aromatic N) is 1. The third-order valence-corrected chi connectivity index (χ3v) is 4.22. The molecule has 0 heterocycles. The van der Waals surface area contributed by atoms with E-state index < -0.39 is 0 Å². The molecule has 0 saturated carbocycles. The predicted octanol–water partition coefficient (Wildman–Crippen LogP) is 5.79. The lowest BCUT2D eigenvalue weighted by Gasteiger charge is -2.11. The fourth-order valence-electron chi connectivity index (χ4n) is 2.97. The van der Waals surface area contributed by atoms with Gasteiger partial charge < -0.3 is 0 Å². The standard InChI is InChI=1S/C21H23N/c1-3-4-13-22-15-21-19-8-6-5-7-17(19)11-12-20(21)18-10-9-16(2)14-18/h5-9,11-12,14-15H,3-4,10,13H2,1-2H3. The fraction of sp³-hybridized carbons (Fsp3) is 0.286. The number of fused-ring (bicyclic) bond motifs is 1. The van der Waals surface area contributed by atoms with Crippen LogP contribution < -0.4 is 0 Å². The van der Waals surface area contributed by atoms with Crippen molar-refractivity contribution in [2.24, 2.45) is 4.99 Å². The smallest absolute Gasteiger partial charge is 0.0389 e. The predicted molar refractivity (Wildman–Crippen MR) is 97.7 cm³/mol. The topological polar surface area (TPSA) is 12.4 Å². The van der Waals surface area contributed by atoms with Crippen molar-refractivity contribution in [3.63, 3.8) is 0 Å². The maximum atomic E-state index is 4.66. The number of hydrogen-bond donors (Lipinski definition) is 0. The summed E-state index contributed by atoms with van der Waals surface area (Å²) in [4.78, 5) is 4.66. The number of allylic oxidation sites excluding steroid dienone is 4. The summed E-state index contributed by atoms with van der Waals surface area (Å²) in [6, 6.07) is 13.1. The zero-order chi connectivity index (χ0) is 15.4. The van der Waals surface area contributed by atoms with E-state index in [2.05, 4.69) is 73.6 Å². The monoisotopic (exact) mass is 289 g/mol. The molecule has 22 heavy (non-hydrogen) atoms. The molecule has 0 radical (unpaired) electrons. The lowest BCUT2D eigenvalue weighted by atomic mass is 9.94. The zero-order valence-corrected chi connectivity index (χ0v) is 13.5. The Morgan fingerprint density at radius 3 is 2.77 bits per heavy atom. The Morgan fingerprint density at radius 2 is 2.00 bits per heavy atom. The second-order valence-corrected chi connectivity index (χ2v) is 5.96. The van der Waals surface area contributed by atoms with E-state index in [0.29, 0.717) is 0 Å². The Balaban J connectivity index is 2.07. The van der Waals surface area contributed by atoms with Gasteiger partial charge in [-0.25, -0.2) is 0 Å². The van der Waals surface area contributed by atoms with Crippen molar-refractivity contribution in [1.82, 2.24) is 0 Å². The minimum Gasteiger partial charge on any atom is -0.293 e. The molecule has 112 valence electrons. The molecule has 3 rings (SSSR count). The van der Waals surface area contributed by atoms with E-state index in [-0.39, 0.29) is 0 Å². The average molecular weight is 289 g/mol. The number of aliphatic imine (C=N–C) groups is 1. The molecule has 0 spiro atoms. The normalized spacial score (nSPS) is 14.6. The molecule has 0 saturated heterocycles. The second-order valence-electron chi connectivity index (χ2n) is 5.96. The summed E-state index contributed by atoms with van der Waals surface area (Å²) in [6.45, 7) is 5.29. The van der Waals surface area contributed by atoms with Gasteiger partial charge in [0.15, 0.2) is 0 Å². The maximum absolute atomic E-state index is 4.66. The van der Waals surface area contributed by atoms with E-state index in [0.717, 1.165) is 19.4 Å². The van der Waals surface area contributed by atoms with Crippen LogP contribution in [0.5, 0.6) is 0 Å². The molecule has 0 unspecified atom stereocenters. The Kier molecular flexibility index (Phi) is 4.53. The van der Waals surface area contributed by atoms with Crippen LogP contribution in [0.15, 0.2) is 59.1 Å². The van der Waals surface area contributed by atoms with Crippen molar-refractivity contribution < 1.29 is 0 Å². The van der Waals surface area contributed by atoms with Crippen molar-refractivity contribution >= 4 is 22.6 Å². The Bertz CT molecular complexity index is 763. The molecular formula is C21H23N. The third kappa shape index (κ3) is 3.04. The lowest BCUT2D eigenvalue weighted by Crippen LogP contribution is -1.95. The summed E-state index contributed by atoms with van der Waals surface area (Å²) < 4.78 is 0. The Hall–Kier alpha value is -2.15. The third-order valence-electron chi connectivity index (χ3n) is 4.22. The van der Waals surface area contributed by atoms with Crippen molar-refractivity contribution in [2.75, 3.05) is 6.54 Å². The van der Waals surface area contributed by atoms with E-state index in [1.165, 1.54) is 39.5 Å². The summed E-state index contributed by atoms with van der Waals surface area (Å²) >= 11 is 0. The molecular weight excluding hydrogens is 266 g/mol. The first-order valence-corrected chi connectivity index (χ1v) is 8.19. The highest BCUT2D eigenvalue weighted by atomic mass is 14.7. The molecule has 1 aliphatic carbocycles. The van der Waals surface area contributed by atoms with Crippen LogP contribution in [0.1, 0.15) is 44.2 Å². The number of rotatable bonds is 5. The summed E-state index contributed by atoms with van der Waals surface area (Å²) in [7, 11) is 0. The summed E-state index contributed by atoms with van der Waals surface area (Å²) in [5.41, 5.74) is 5.35. The molecule has 1 aliphatic rings. The van der Waals surface area contributed by atoms with E-state index in [1.54, 1.807) is 0 Å². The minimum atomic E-state index is 0.912. The van der Waals surface area contributed by atoms with Crippen LogP contribution in [-0.2, 0) is 0 Å². The van der Waals surface area contributed by atoms with E-state index >= 15 is 0 Å². The van der Waals surface area contributed by atoms with Crippen molar-refractivity contribution in [1.29, 1.82) is 0 Å². The second kappa shape index (κ2) is 6.74. The largest absolute Gasteiger partial charge is 0.293 e. The highest BCUT2D eigenvalue weighted by Crippen LogP contribution is 2.32. The van der Waals surface area contributed by atoms with Gasteiger partial charge >= 0.3 is 0 Å². The van der Waals surface area contributed by atoms with Gasteiger partial charge in [-0.2, -0.15) is 0 Å². The summed E-state index contributed by atoms with van der Waals surface area (Å²) in [5, 5.41) is 2.58.